The maximum atomic E-state index is 9.70. The van der Waals surface area contributed by atoms with Gasteiger partial charge in [0, 0.05) is 19.1 Å². The molecule has 3 heterocycles. The Morgan fingerprint density at radius 2 is 2.04 bits per heavy atom. The molecule has 4 rings (SSSR count). The molecule has 1 fully saturated rings. The highest BCUT2D eigenvalue weighted by Crippen LogP contribution is 2.28. The molecule has 27 heavy (non-hydrogen) atoms. The molecule has 142 valence electrons. The molecule has 2 N–H and O–H groups in total. The monoisotopic (exact) mass is 366 g/mol. The van der Waals surface area contributed by atoms with Crippen LogP contribution in [0.1, 0.15) is 38.3 Å². The van der Waals surface area contributed by atoms with E-state index in [1.54, 1.807) is 0 Å². The normalized spacial score (nSPS) is 17.2. The zero-order chi connectivity index (χ0) is 18.8. The number of anilines is 2. The molecular formula is C20H26N6O. The number of aliphatic hydroxyl groups excluding tert-OH is 1. The first-order valence-corrected chi connectivity index (χ1v) is 9.57. The van der Waals surface area contributed by atoms with Crippen molar-refractivity contribution in [1.29, 1.82) is 0 Å². The van der Waals surface area contributed by atoms with Gasteiger partial charge < -0.3 is 19.9 Å². The highest BCUT2D eigenvalue weighted by Gasteiger charge is 2.27. The van der Waals surface area contributed by atoms with Crippen LogP contribution in [0.2, 0.25) is 0 Å². The lowest BCUT2D eigenvalue weighted by Gasteiger charge is -2.23. The van der Waals surface area contributed by atoms with Crippen LogP contribution in [0, 0.1) is 0 Å². The maximum Gasteiger partial charge on any atom is 0.229 e. The SMILES string of the molecule is CC(C)n1cnc2c(NCc3ccccc3)nc(N3CCCC3CO)nc21. The van der Waals surface area contributed by atoms with Gasteiger partial charge >= 0.3 is 0 Å². The van der Waals surface area contributed by atoms with Crippen LogP contribution in [0.4, 0.5) is 11.8 Å². The van der Waals surface area contributed by atoms with Crippen molar-refractivity contribution >= 4 is 22.9 Å². The van der Waals surface area contributed by atoms with E-state index in [2.05, 4.69) is 45.7 Å². The Bertz CT molecular complexity index is 907. The molecule has 0 saturated carbocycles. The van der Waals surface area contributed by atoms with Crippen molar-refractivity contribution in [3.05, 3.63) is 42.2 Å². The summed E-state index contributed by atoms with van der Waals surface area (Å²) in [6.07, 6.45) is 3.84. The Hall–Kier alpha value is -2.67. The van der Waals surface area contributed by atoms with Crippen molar-refractivity contribution in [2.24, 2.45) is 0 Å². The third kappa shape index (κ3) is 3.47. The van der Waals surface area contributed by atoms with Crippen molar-refractivity contribution in [2.45, 2.75) is 45.3 Å². The van der Waals surface area contributed by atoms with Crippen LogP contribution < -0.4 is 10.2 Å². The minimum atomic E-state index is 0.0832. The zero-order valence-electron chi connectivity index (χ0n) is 15.8. The Morgan fingerprint density at radius 3 is 2.78 bits per heavy atom. The summed E-state index contributed by atoms with van der Waals surface area (Å²) in [6.45, 7) is 5.89. The fraction of sp³-hybridized carbons (Fsp3) is 0.450. The second-order valence-corrected chi connectivity index (χ2v) is 7.30. The van der Waals surface area contributed by atoms with E-state index in [1.165, 1.54) is 5.56 Å². The Morgan fingerprint density at radius 1 is 1.22 bits per heavy atom. The van der Waals surface area contributed by atoms with Crippen molar-refractivity contribution in [2.75, 3.05) is 23.4 Å². The zero-order valence-corrected chi connectivity index (χ0v) is 15.8. The van der Waals surface area contributed by atoms with Gasteiger partial charge in [-0.05, 0) is 32.3 Å². The summed E-state index contributed by atoms with van der Waals surface area (Å²) in [7, 11) is 0. The van der Waals surface area contributed by atoms with E-state index in [9.17, 15) is 5.11 Å². The Labute approximate surface area is 159 Å². The third-order valence-corrected chi connectivity index (χ3v) is 5.11. The van der Waals surface area contributed by atoms with E-state index in [-0.39, 0.29) is 18.7 Å². The Kier molecular flexibility index (Phi) is 4.94. The molecule has 1 unspecified atom stereocenters. The molecule has 3 aromatic rings. The molecule has 1 saturated heterocycles. The highest BCUT2D eigenvalue weighted by atomic mass is 16.3. The van der Waals surface area contributed by atoms with Gasteiger partial charge in [-0.3, -0.25) is 0 Å². The standard InChI is InChI=1S/C20H26N6O/c1-14(2)26-13-22-17-18(21-11-15-7-4-3-5-8-15)23-20(24-19(17)26)25-10-6-9-16(25)12-27/h3-5,7-8,13-14,16,27H,6,9-12H2,1-2H3,(H,21,23,24). The van der Waals surface area contributed by atoms with Gasteiger partial charge in [-0.15, -0.1) is 0 Å². The molecule has 0 amide bonds. The number of nitrogens with one attached hydrogen (secondary N) is 1. The average molecular weight is 366 g/mol. The Balaban J connectivity index is 1.74. The second-order valence-electron chi connectivity index (χ2n) is 7.30. The van der Waals surface area contributed by atoms with Crippen molar-refractivity contribution in [1.82, 2.24) is 19.5 Å². The van der Waals surface area contributed by atoms with Gasteiger partial charge in [-0.25, -0.2) is 4.98 Å². The smallest absolute Gasteiger partial charge is 0.229 e. The molecule has 7 heteroatoms. The summed E-state index contributed by atoms with van der Waals surface area (Å²) in [5, 5.41) is 13.1. The van der Waals surface area contributed by atoms with Gasteiger partial charge in [0.15, 0.2) is 17.0 Å². The van der Waals surface area contributed by atoms with Gasteiger partial charge in [0.1, 0.15) is 0 Å². The van der Waals surface area contributed by atoms with E-state index in [0.717, 1.165) is 36.4 Å². The van der Waals surface area contributed by atoms with Crippen molar-refractivity contribution in [3.8, 4) is 0 Å². The molecular weight excluding hydrogens is 340 g/mol. The van der Waals surface area contributed by atoms with Gasteiger partial charge in [0.2, 0.25) is 5.95 Å². The number of aromatic nitrogens is 4. The summed E-state index contributed by atoms with van der Waals surface area (Å²) >= 11 is 0. The molecule has 0 spiro atoms. The molecule has 0 aliphatic carbocycles. The molecule has 7 nitrogen and oxygen atoms in total. The van der Waals surface area contributed by atoms with Crippen LogP contribution in [0.3, 0.4) is 0 Å². The lowest BCUT2D eigenvalue weighted by molar-refractivity contribution is 0.265. The summed E-state index contributed by atoms with van der Waals surface area (Å²) in [5.41, 5.74) is 2.79. The van der Waals surface area contributed by atoms with Crippen LogP contribution in [-0.2, 0) is 6.54 Å². The molecule has 1 aliphatic heterocycles. The number of rotatable bonds is 6. The first kappa shape index (κ1) is 17.7. The van der Waals surface area contributed by atoms with E-state index in [4.69, 9.17) is 9.97 Å². The van der Waals surface area contributed by atoms with Crippen LogP contribution in [0.15, 0.2) is 36.7 Å². The first-order chi connectivity index (χ1) is 13.2. The van der Waals surface area contributed by atoms with Gasteiger partial charge in [-0.2, -0.15) is 9.97 Å². The summed E-state index contributed by atoms with van der Waals surface area (Å²) in [6, 6.07) is 10.6. The fourth-order valence-corrected chi connectivity index (χ4v) is 3.61. The average Bonchev–Trinajstić information content (AvgIpc) is 3.33. The summed E-state index contributed by atoms with van der Waals surface area (Å²) in [5.74, 6) is 1.40. The number of hydrogen-bond donors (Lipinski definition) is 2. The maximum absolute atomic E-state index is 9.70. The topological polar surface area (TPSA) is 79.1 Å². The minimum absolute atomic E-state index is 0.0832. The number of imidazole rings is 1. The fourth-order valence-electron chi connectivity index (χ4n) is 3.61. The van der Waals surface area contributed by atoms with Gasteiger partial charge in [0.05, 0.1) is 19.0 Å². The van der Waals surface area contributed by atoms with E-state index < -0.39 is 0 Å². The van der Waals surface area contributed by atoms with Gasteiger partial charge in [-0.1, -0.05) is 30.3 Å². The molecule has 0 bridgehead atoms. The van der Waals surface area contributed by atoms with Crippen LogP contribution in [0.25, 0.3) is 11.2 Å². The first-order valence-electron chi connectivity index (χ1n) is 9.57. The second kappa shape index (κ2) is 7.52. The van der Waals surface area contributed by atoms with E-state index >= 15 is 0 Å². The summed E-state index contributed by atoms with van der Waals surface area (Å²) in [4.78, 5) is 16.3. The highest BCUT2D eigenvalue weighted by molar-refractivity contribution is 5.84. The van der Waals surface area contributed by atoms with E-state index in [1.807, 2.05) is 24.5 Å². The summed E-state index contributed by atoms with van der Waals surface area (Å²) < 4.78 is 2.07. The van der Waals surface area contributed by atoms with Crippen LogP contribution in [0.5, 0.6) is 0 Å². The lowest BCUT2D eigenvalue weighted by Crippen LogP contribution is -2.33. The number of fused-ring (bicyclic) bond motifs is 1. The molecule has 1 atom stereocenters. The quantitative estimate of drug-likeness (QED) is 0.698. The molecule has 2 aromatic heterocycles. The number of aliphatic hydroxyl groups is 1. The van der Waals surface area contributed by atoms with Crippen molar-refractivity contribution in [3.63, 3.8) is 0 Å². The number of hydrogen-bond acceptors (Lipinski definition) is 6. The largest absolute Gasteiger partial charge is 0.394 e. The van der Waals surface area contributed by atoms with E-state index in [0.29, 0.717) is 12.5 Å². The lowest BCUT2D eigenvalue weighted by atomic mass is 10.2. The molecule has 1 aromatic carbocycles. The number of benzene rings is 1. The van der Waals surface area contributed by atoms with Crippen LogP contribution in [-0.4, -0.2) is 43.8 Å². The molecule has 0 radical (unpaired) electrons. The predicted octanol–water partition coefficient (Wildman–Crippen LogP) is 2.98. The minimum Gasteiger partial charge on any atom is -0.394 e. The predicted molar refractivity (Wildman–Crippen MR) is 107 cm³/mol. The number of nitrogens with zero attached hydrogens (tertiary/aromatic N) is 5. The molecule has 1 aliphatic rings. The van der Waals surface area contributed by atoms with Crippen LogP contribution >= 0.6 is 0 Å². The van der Waals surface area contributed by atoms with Gasteiger partial charge in [0.25, 0.3) is 0 Å². The third-order valence-electron chi connectivity index (χ3n) is 5.11. The van der Waals surface area contributed by atoms with Crippen molar-refractivity contribution < 1.29 is 5.11 Å².